The topological polar surface area (TPSA) is 84.3 Å². The SMILES string of the molecule is O=C(Cc1ccccc1[N+](=O)[O-])NCCC1CCCN1. The van der Waals surface area contributed by atoms with E-state index in [1.165, 1.54) is 12.5 Å². The predicted molar refractivity (Wildman–Crippen MR) is 75.5 cm³/mol. The molecule has 1 fully saturated rings. The molecule has 6 nitrogen and oxygen atoms in total. The highest BCUT2D eigenvalue weighted by molar-refractivity contribution is 5.79. The Balaban J connectivity index is 1.80. The minimum Gasteiger partial charge on any atom is -0.356 e. The first-order valence-corrected chi connectivity index (χ1v) is 6.89. The number of nitrogens with zero attached hydrogens (tertiary/aromatic N) is 1. The van der Waals surface area contributed by atoms with E-state index in [1.54, 1.807) is 18.2 Å². The van der Waals surface area contributed by atoms with Crippen LogP contribution >= 0.6 is 0 Å². The summed E-state index contributed by atoms with van der Waals surface area (Å²) in [4.78, 5) is 22.2. The lowest BCUT2D eigenvalue weighted by Crippen LogP contribution is -2.31. The van der Waals surface area contributed by atoms with Gasteiger partial charge in [0.2, 0.25) is 5.91 Å². The van der Waals surface area contributed by atoms with Crippen LogP contribution in [0.2, 0.25) is 0 Å². The summed E-state index contributed by atoms with van der Waals surface area (Å²) in [6.45, 7) is 1.66. The fraction of sp³-hybridized carbons (Fsp3) is 0.500. The molecule has 1 saturated heterocycles. The number of carbonyl (C=O) groups is 1. The summed E-state index contributed by atoms with van der Waals surface area (Å²) >= 11 is 0. The van der Waals surface area contributed by atoms with E-state index in [1.807, 2.05) is 0 Å². The molecule has 0 spiro atoms. The van der Waals surface area contributed by atoms with Gasteiger partial charge >= 0.3 is 0 Å². The van der Waals surface area contributed by atoms with Crippen LogP contribution in [-0.2, 0) is 11.2 Å². The van der Waals surface area contributed by atoms with Gasteiger partial charge in [0.1, 0.15) is 0 Å². The molecule has 1 aromatic carbocycles. The van der Waals surface area contributed by atoms with Gasteiger partial charge in [0.15, 0.2) is 0 Å². The van der Waals surface area contributed by atoms with Crippen LogP contribution < -0.4 is 10.6 Å². The highest BCUT2D eigenvalue weighted by atomic mass is 16.6. The van der Waals surface area contributed by atoms with Crippen molar-refractivity contribution in [3.05, 3.63) is 39.9 Å². The minimum atomic E-state index is -0.453. The van der Waals surface area contributed by atoms with Gasteiger partial charge in [0.05, 0.1) is 11.3 Å². The summed E-state index contributed by atoms with van der Waals surface area (Å²) in [7, 11) is 0. The quantitative estimate of drug-likeness (QED) is 0.608. The lowest BCUT2D eigenvalue weighted by atomic mass is 10.1. The molecule has 0 saturated carbocycles. The maximum absolute atomic E-state index is 11.8. The number of hydrogen-bond donors (Lipinski definition) is 2. The van der Waals surface area contributed by atoms with Gasteiger partial charge in [-0.2, -0.15) is 0 Å². The molecule has 108 valence electrons. The Morgan fingerprint density at radius 3 is 2.95 bits per heavy atom. The fourth-order valence-corrected chi connectivity index (χ4v) is 2.46. The monoisotopic (exact) mass is 277 g/mol. The normalized spacial score (nSPS) is 17.9. The van der Waals surface area contributed by atoms with E-state index < -0.39 is 4.92 Å². The standard InChI is InChI=1S/C14H19N3O3/c18-14(16-9-7-12-5-3-8-15-12)10-11-4-1-2-6-13(11)17(19)20/h1-2,4,6,12,15H,3,5,7-10H2,(H,16,18). The molecule has 1 aliphatic heterocycles. The first kappa shape index (κ1) is 14.5. The fourth-order valence-electron chi connectivity index (χ4n) is 2.46. The predicted octanol–water partition coefficient (Wildman–Crippen LogP) is 1.40. The van der Waals surface area contributed by atoms with Gasteiger partial charge in [-0.05, 0) is 25.8 Å². The van der Waals surface area contributed by atoms with E-state index >= 15 is 0 Å². The van der Waals surface area contributed by atoms with Crippen molar-refractivity contribution in [3.8, 4) is 0 Å². The van der Waals surface area contributed by atoms with Crippen molar-refractivity contribution in [2.45, 2.75) is 31.7 Å². The summed E-state index contributed by atoms with van der Waals surface area (Å²) < 4.78 is 0. The van der Waals surface area contributed by atoms with Gasteiger partial charge in [-0.1, -0.05) is 18.2 Å². The molecule has 0 aliphatic carbocycles. The van der Waals surface area contributed by atoms with Crippen molar-refractivity contribution in [1.29, 1.82) is 0 Å². The Hall–Kier alpha value is -1.95. The number of nitrogens with one attached hydrogen (secondary N) is 2. The lowest BCUT2D eigenvalue weighted by molar-refractivity contribution is -0.385. The van der Waals surface area contributed by atoms with Crippen LogP contribution in [0.1, 0.15) is 24.8 Å². The number of hydrogen-bond acceptors (Lipinski definition) is 4. The van der Waals surface area contributed by atoms with Gasteiger partial charge in [0, 0.05) is 24.2 Å². The highest BCUT2D eigenvalue weighted by Gasteiger charge is 2.16. The molecule has 0 bridgehead atoms. The average Bonchev–Trinajstić information content (AvgIpc) is 2.92. The molecule has 20 heavy (non-hydrogen) atoms. The molecule has 1 amide bonds. The molecule has 1 unspecified atom stereocenters. The Morgan fingerprint density at radius 2 is 2.25 bits per heavy atom. The first-order valence-electron chi connectivity index (χ1n) is 6.89. The summed E-state index contributed by atoms with van der Waals surface area (Å²) in [5.74, 6) is -0.169. The third kappa shape index (κ3) is 4.03. The van der Waals surface area contributed by atoms with Gasteiger partial charge in [-0.15, -0.1) is 0 Å². The molecule has 1 heterocycles. The minimum absolute atomic E-state index is 0.000101. The number of rotatable bonds is 6. The summed E-state index contributed by atoms with van der Waals surface area (Å²) in [5, 5.41) is 17.0. The number of carbonyl (C=O) groups excluding carboxylic acids is 1. The van der Waals surface area contributed by atoms with Crippen molar-refractivity contribution in [2.75, 3.05) is 13.1 Å². The van der Waals surface area contributed by atoms with E-state index in [2.05, 4.69) is 10.6 Å². The van der Waals surface area contributed by atoms with Gasteiger partial charge in [0.25, 0.3) is 5.69 Å². The van der Waals surface area contributed by atoms with Gasteiger partial charge in [-0.3, -0.25) is 14.9 Å². The third-order valence-electron chi connectivity index (χ3n) is 3.52. The molecule has 6 heteroatoms. The number of nitro groups is 1. The first-order chi connectivity index (χ1) is 9.66. The second-order valence-electron chi connectivity index (χ2n) is 4.99. The number of nitro benzene ring substituents is 1. The summed E-state index contributed by atoms with van der Waals surface area (Å²) in [6.07, 6.45) is 3.30. The Kier molecular flexibility index (Phi) is 5.06. The van der Waals surface area contributed by atoms with Crippen molar-refractivity contribution in [2.24, 2.45) is 0 Å². The Bertz CT molecular complexity index is 484. The second-order valence-corrected chi connectivity index (χ2v) is 4.99. The number of amides is 1. The zero-order valence-corrected chi connectivity index (χ0v) is 11.3. The summed E-state index contributed by atoms with van der Waals surface area (Å²) in [5.41, 5.74) is 0.453. The van der Waals surface area contributed by atoms with Crippen molar-refractivity contribution < 1.29 is 9.72 Å². The van der Waals surface area contributed by atoms with Crippen LogP contribution in [0.3, 0.4) is 0 Å². The highest BCUT2D eigenvalue weighted by Crippen LogP contribution is 2.17. The molecular weight excluding hydrogens is 258 g/mol. The van der Waals surface area contributed by atoms with E-state index in [9.17, 15) is 14.9 Å². The zero-order chi connectivity index (χ0) is 14.4. The molecule has 2 rings (SSSR count). The molecule has 2 N–H and O–H groups in total. The van der Waals surface area contributed by atoms with E-state index in [0.717, 1.165) is 19.4 Å². The number of benzene rings is 1. The number of para-hydroxylation sites is 1. The van der Waals surface area contributed by atoms with Gasteiger partial charge in [-0.25, -0.2) is 0 Å². The van der Waals surface area contributed by atoms with Crippen LogP contribution in [0.4, 0.5) is 5.69 Å². The largest absolute Gasteiger partial charge is 0.356 e. The second kappa shape index (κ2) is 7.00. The zero-order valence-electron chi connectivity index (χ0n) is 11.3. The molecule has 1 aromatic rings. The molecule has 0 aromatic heterocycles. The Morgan fingerprint density at radius 1 is 1.45 bits per heavy atom. The lowest BCUT2D eigenvalue weighted by Gasteiger charge is -2.10. The summed E-state index contributed by atoms with van der Waals surface area (Å²) in [6, 6.07) is 6.84. The smallest absolute Gasteiger partial charge is 0.273 e. The van der Waals surface area contributed by atoms with Crippen LogP contribution in [0.5, 0.6) is 0 Å². The van der Waals surface area contributed by atoms with Crippen LogP contribution in [0, 0.1) is 10.1 Å². The van der Waals surface area contributed by atoms with E-state index in [4.69, 9.17) is 0 Å². The van der Waals surface area contributed by atoms with Gasteiger partial charge < -0.3 is 10.6 Å². The van der Waals surface area contributed by atoms with E-state index in [0.29, 0.717) is 18.2 Å². The van der Waals surface area contributed by atoms with Crippen LogP contribution in [0.25, 0.3) is 0 Å². The van der Waals surface area contributed by atoms with E-state index in [-0.39, 0.29) is 18.0 Å². The van der Waals surface area contributed by atoms with Crippen molar-refractivity contribution in [3.63, 3.8) is 0 Å². The van der Waals surface area contributed by atoms with Crippen LogP contribution in [-0.4, -0.2) is 30.0 Å². The average molecular weight is 277 g/mol. The van der Waals surface area contributed by atoms with Crippen molar-refractivity contribution >= 4 is 11.6 Å². The Labute approximate surface area is 117 Å². The maximum Gasteiger partial charge on any atom is 0.273 e. The molecule has 1 atom stereocenters. The molecular formula is C14H19N3O3. The van der Waals surface area contributed by atoms with Crippen LogP contribution in [0.15, 0.2) is 24.3 Å². The third-order valence-corrected chi connectivity index (χ3v) is 3.52. The van der Waals surface area contributed by atoms with Crippen molar-refractivity contribution in [1.82, 2.24) is 10.6 Å². The maximum atomic E-state index is 11.8. The molecule has 0 radical (unpaired) electrons. The molecule has 1 aliphatic rings.